The highest BCUT2D eigenvalue weighted by Gasteiger charge is 2.51. The Labute approximate surface area is 172 Å². The molecule has 2 fully saturated rings. The SMILES string of the molecule is Cc1noc(CC(=O)N2CCC3(CCC3c3nc(-c4ccc(F)cc4)no3)CC2)n1. The maximum Gasteiger partial charge on any atom is 0.236 e. The van der Waals surface area contributed by atoms with Crippen molar-refractivity contribution in [1.82, 2.24) is 25.2 Å². The van der Waals surface area contributed by atoms with Crippen LogP contribution < -0.4 is 0 Å². The summed E-state index contributed by atoms with van der Waals surface area (Å²) in [6.07, 6.45) is 4.04. The normalized spacial score (nSPS) is 20.3. The quantitative estimate of drug-likeness (QED) is 0.650. The minimum absolute atomic E-state index is 0.0146. The van der Waals surface area contributed by atoms with Crippen molar-refractivity contribution >= 4 is 5.91 Å². The Kier molecular flexibility index (Phi) is 4.60. The van der Waals surface area contributed by atoms with Crippen molar-refractivity contribution in [2.45, 2.75) is 44.9 Å². The van der Waals surface area contributed by atoms with Crippen LogP contribution in [0.25, 0.3) is 11.4 Å². The second-order valence-corrected chi connectivity index (χ2v) is 8.21. The van der Waals surface area contributed by atoms with Crippen molar-refractivity contribution in [3.63, 3.8) is 0 Å². The highest BCUT2D eigenvalue weighted by Crippen LogP contribution is 2.58. The van der Waals surface area contributed by atoms with Gasteiger partial charge in [0, 0.05) is 24.6 Å². The molecule has 3 aromatic rings. The average Bonchev–Trinajstić information content (AvgIpc) is 3.37. The van der Waals surface area contributed by atoms with Crippen LogP contribution in [0.3, 0.4) is 0 Å². The smallest absolute Gasteiger partial charge is 0.236 e. The predicted molar refractivity (Wildman–Crippen MR) is 103 cm³/mol. The number of aryl methyl sites for hydroxylation is 1. The summed E-state index contributed by atoms with van der Waals surface area (Å²) < 4.78 is 23.8. The van der Waals surface area contributed by atoms with Crippen LogP contribution in [0, 0.1) is 18.2 Å². The summed E-state index contributed by atoms with van der Waals surface area (Å²) in [7, 11) is 0. The Bertz CT molecular complexity index is 1050. The Hall–Kier alpha value is -3.10. The van der Waals surface area contributed by atoms with Gasteiger partial charge in [-0.05, 0) is 62.3 Å². The topological polar surface area (TPSA) is 98.2 Å². The molecule has 1 amide bonds. The van der Waals surface area contributed by atoms with Gasteiger partial charge in [-0.1, -0.05) is 10.3 Å². The summed E-state index contributed by atoms with van der Waals surface area (Å²) in [5, 5.41) is 7.83. The van der Waals surface area contributed by atoms with Crippen molar-refractivity contribution in [1.29, 1.82) is 0 Å². The summed E-state index contributed by atoms with van der Waals surface area (Å²) in [5.41, 5.74) is 0.834. The number of carbonyl (C=O) groups is 1. The highest BCUT2D eigenvalue weighted by molar-refractivity contribution is 5.77. The summed E-state index contributed by atoms with van der Waals surface area (Å²) >= 11 is 0. The molecule has 3 heterocycles. The van der Waals surface area contributed by atoms with Gasteiger partial charge in [0.25, 0.3) is 0 Å². The average molecular weight is 411 g/mol. The van der Waals surface area contributed by atoms with Gasteiger partial charge in [0.2, 0.25) is 23.5 Å². The first-order valence-corrected chi connectivity index (χ1v) is 10.2. The fourth-order valence-corrected chi connectivity index (χ4v) is 4.63. The second kappa shape index (κ2) is 7.30. The maximum absolute atomic E-state index is 13.1. The lowest BCUT2D eigenvalue weighted by Crippen LogP contribution is -2.50. The first-order valence-electron chi connectivity index (χ1n) is 10.2. The lowest BCUT2D eigenvalue weighted by atomic mass is 9.55. The fourth-order valence-electron chi connectivity index (χ4n) is 4.63. The number of nitrogens with zero attached hydrogens (tertiary/aromatic N) is 5. The first-order chi connectivity index (χ1) is 14.5. The maximum atomic E-state index is 13.1. The molecule has 30 heavy (non-hydrogen) atoms. The van der Waals surface area contributed by atoms with Gasteiger partial charge in [-0.2, -0.15) is 9.97 Å². The lowest BCUT2D eigenvalue weighted by molar-refractivity contribution is -0.135. The molecule has 2 aromatic heterocycles. The van der Waals surface area contributed by atoms with Crippen LogP contribution in [0.15, 0.2) is 33.3 Å². The number of rotatable bonds is 4. The van der Waals surface area contributed by atoms with E-state index in [9.17, 15) is 9.18 Å². The molecule has 0 N–H and O–H groups in total. The monoisotopic (exact) mass is 411 g/mol. The van der Waals surface area contributed by atoms with Gasteiger partial charge < -0.3 is 13.9 Å². The molecule has 9 heteroatoms. The van der Waals surface area contributed by atoms with Gasteiger partial charge in [0.05, 0.1) is 0 Å². The van der Waals surface area contributed by atoms with Crippen LogP contribution in [0.2, 0.25) is 0 Å². The number of likely N-dealkylation sites (tertiary alicyclic amines) is 1. The molecule has 2 aliphatic rings. The van der Waals surface area contributed by atoms with Crippen molar-refractivity contribution in [2.24, 2.45) is 5.41 Å². The second-order valence-electron chi connectivity index (χ2n) is 8.21. The van der Waals surface area contributed by atoms with E-state index in [1.165, 1.54) is 12.1 Å². The van der Waals surface area contributed by atoms with E-state index in [1.54, 1.807) is 19.1 Å². The van der Waals surface area contributed by atoms with Crippen LogP contribution in [0.1, 0.15) is 49.2 Å². The zero-order chi connectivity index (χ0) is 20.7. The molecule has 8 nitrogen and oxygen atoms in total. The molecular weight excluding hydrogens is 389 g/mol. The predicted octanol–water partition coefficient (Wildman–Crippen LogP) is 3.30. The molecule has 1 saturated carbocycles. The number of hydrogen-bond acceptors (Lipinski definition) is 7. The van der Waals surface area contributed by atoms with E-state index in [-0.39, 0.29) is 29.5 Å². The van der Waals surface area contributed by atoms with Crippen LogP contribution in [-0.2, 0) is 11.2 Å². The standard InChI is InChI=1S/C21H22FN5O3/c1-13-23-17(29-25-13)12-18(28)27-10-8-21(9-11-27)7-6-16(21)20-24-19(26-30-20)14-2-4-15(22)5-3-14/h2-5,16H,6-12H2,1H3. The molecule has 1 atom stereocenters. The zero-order valence-electron chi connectivity index (χ0n) is 16.7. The molecule has 156 valence electrons. The Morgan fingerprint density at radius 1 is 1.13 bits per heavy atom. The Balaban J connectivity index is 1.23. The molecule has 1 aliphatic carbocycles. The number of aromatic nitrogens is 4. The highest BCUT2D eigenvalue weighted by atomic mass is 19.1. The van der Waals surface area contributed by atoms with Gasteiger partial charge in [-0.15, -0.1) is 0 Å². The minimum atomic E-state index is -0.295. The number of halogens is 1. The van der Waals surface area contributed by atoms with Gasteiger partial charge in [0.1, 0.15) is 12.2 Å². The van der Waals surface area contributed by atoms with E-state index in [2.05, 4.69) is 20.3 Å². The van der Waals surface area contributed by atoms with Crippen LogP contribution in [0.5, 0.6) is 0 Å². The third-order valence-electron chi connectivity index (χ3n) is 6.50. The molecule has 1 unspecified atom stereocenters. The van der Waals surface area contributed by atoms with E-state index in [0.717, 1.165) is 31.2 Å². The number of amides is 1. The molecule has 5 rings (SSSR count). The number of piperidine rings is 1. The van der Waals surface area contributed by atoms with Gasteiger partial charge in [-0.25, -0.2) is 4.39 Å². The van der Waals surface area contributed by atoms with Gasteiger partial charge in [-0.3, -0.25) is 4.79 Å². The molecule has 1 aliphatic heterocycles. The molecule has 1 spiro atoms. The third-order valence-corrected chi connectivity index (χ3v) is 6.50. The van der Waals surface area contributed by atoms with Crippen molar-refractivity contribution in [3.8, 4) is 11.4 Å². The largest absolute Gasteiger partial charge is 0.342 e. The third kappa shape index (κ3) is 3.38. The number of benzene rings is 1. The van der Waals surface area contributed by atoms with Crippen molar-refractivity contribution < 1.29 is 18.2 Å². The van der Waals surface area contributed by atoms with E-state index < -0.39 is 0 Å². The Morgan fingerprint density at radius 3 is 2.53 bits per heavy atom. The van der Waals surface area contributed by atoms with Crippen molar-refractivity contribution in [3.05, 3.63) is 47.7 Å². The van der Waals surface area contributed by atoms with Crippen molar-refractivity contribution in [2.75, 3.05) is 13.1 Å². The summed E-state index contributed by atoms with van der Waals surface area (Å²) in [6, 6.07) is 6.07. The summed E-state index contributed by atoms with van der Waals surface area (Å²) in [5.74, 6) is 1.94. The summed E-state index contributed by atoms with van der Waals surface area (Å²) in [4.78, 5) is 23.1. The van der Waals surface area contributed by atoms with E-state index >= 15 is 0 Å². The Morgan fingerprint density at radius 2 is 1.90 bits per heavy atom. The fraction of sp³-hybridized carbons (Fsp3) is 0.476. The zero-order valence-corrected chi connectivity index (χ0v) is 16.7. The number of carbonyl (C=O) groups excluding carboxylic acids is 1. The van der Waals surface area contributed by atoms with E-state index in [4.69, 9.17) is 9.05 Å². The van der Waals surface area contributed by atoms with Crippen LogP contribution in [0.4, 0.5) is 4.39 Å². The number of hydrogen-bond donors (Lipinski definition) is 0. The van der Waals surface area contributed by atoms with Gasteiger partial charge >= 0.3 is 0 Å². The molecule has 0 radical (unpaired) electrons. The van der Waals surface area contributed by atoms with Crippen LogP contribution >= 0.6 is 0 Å². The lowest BCUT2D eigenvalue weighted by Gasteiger charge is -2.52. The van der Waals surface area contributed by atoms with Gasteiger partial charge in [0.15, 0.2) is 5.82 Å². The minimum Gasteiger partial charge on any atom is -0.342 e. The van der Waals surface area contributed by atoms with Crippen LogP contribution in [-0.4, -0.2) is 44.2 Å². The van der Waals surface area contributed by atoms with E-state index in [0.29, 0.717) is 36.5 Å². The molecular formula is C21H22FN5O3. The first kappa shape index (κ1) is 18.9. The molecule has 0 bridgehead atoms. The molecule has 1 aromatic carbocycles. The summed E-state index contributed by atoms with van der Waals surface area (Å²) in [6.45, 7) is 3.13. The van der Waals surface area contributed by atoms with E-state index in [1.807, 2.05) is 4.90 Å². The molecule has 1 saturated heterocycles.